The fourth-order valence-electron chi connectivity index (χ4n) is 1.83. The minimum atomic E-state index is -0.654. The van der Waals surface area contributed by atoms with E-state index in [-0.39, 0.29) is 23.5 Å². The van der Waals surface area contributed by atoms with Crippen LogP contribution >= 0.6 is 0 Å². The summed E-state index contributed by atoms with van der Waals surface area (Å²) < 4.78 is 13.0. The number of hydrogen-bond acceptors (Lipinski definition) is 4. The number of nitrogen functional groups attached to an aromatic ring is 1. The lowest BCUT2D eigenvalue weighted by Crippen LogP contribution is -2.24. The number of anilines is 1. The number of halogens is 1. The molecule has 0 fully saturated rings. The van der Waals surface area contributed by atoms with Crippen LogP contribution in [0.1, 0.15) is 15.9 Å². The van der Waals surface area contributed by atoms with Crippen molar-refractivity contribution in [1.29, 1.82) is 0 Å². The third-order valence-corrected chi connectivity index (χ3v) is 2.87. The Morgan fingerprint density at radius 1 is 1.29 bits per heavy atom. The molecule has 2 aromatic carbocycles. The Morgan fingerprint density at radius 3 is 2.67 bits per heavy atom. The van der Waals surface area contributed by atoms with Gasteiger partial charge in [0.25, 0.3) is 11.6 Å². The van der Waals surface area contributed by atoms with E-state index >= 15 is 0 Å². The van der Waals surface area contributed by atoms with Gasteiger partial charge >= 0.3 is 0 Å². The quantitative estimate of drug-likeness (QED) is 0.512. The summed E-state index contributed by atoms with van der Waals surface area (Å²) in [5.74, 6) is -0.961. The maximum Gasteiger partial charge on any atom is 0.292 e. The number of hydrogen-bond donors (Lipinski definition) is 2. The standard InChI is InChI=1S/C14H12FN3O3/c15-10-4-1-3-9(7-10)8-17-14(19)11-5-2-6-12(13(11)16)18(20)21/h1-7H,8,16H2,(H,17,19). The second-order valence-electron chi connectivity index (χ2n) is 4.31. The van der Waals surface area contributed by atoms with E-state index in [9.17, 15) is 19.3 Å². The molecule has 0 aromatic heterocycles. The van der Waals surface area contributed by atoms with Gasteiger partial charge < -0.3 is 11.1 Å². The van der Waals surface area contributed by atoms with Gasteiger partial charge in [0, 0.05) is 12.6 Å². The van der Waals surface area contributed by atoms with Gasteiger partial charge in [0.1, 0.15) is 11.5 Å². The van der Waals surface area contributed by atoms with Gasteiger partial charge in [-0.2, -0.15) is 0 Å². The van der Waals surface area contributed by atoms with Crippen LogP contribution in [0, 0.1) is 15.9 Å². The van der Waals surface area contributed by atoms with Crippen LogP contribution in [0.3, 0.4) is 0 Å². The molecule has 0 unspecified atom stereocenters. The summed E-state index contributed by atoms with van der Waals surface area (Å²) in [5.41, 5.74) is 5.69. The number of carbonyl (C=O) groups excluding carboxylic acids is 1. The maximum atomic E-state index is 13.0. The molecule has 108 valence electrons. The monoisotopic (exact) mass is 289 g/mol. The topological polar surface area (TPSA) is 98.3 Å². The number of nitrogens with zero attached hydrogens (tertiary/aromatic N) is 1. The van der Waals surface area contributed by atoms with Crippen molar-refractivity contribution >= 4 is 17.3 Å². The number of nitrogens with two attached hydrogens (primary N) is 1. The highest BCUT2D eigenvalue weighted by Gasteiger charge is 2.18. The Bertz CT molecular complexity index is 704. The predicted molar refractivity (Wildman–Crippen MR) is 75.1 cm³/mol. The highest BCUT2D eigenvalue weighted by atomic mass is 19.1. The Balaban J connectivity index is 2.14. The van der Waals surface area contributed by atoms with Crippen molar-refractivity contribution in [2.75, 3.05) is 5.73 Å². The van der Waals surface area contributed by atoms with Crippen molar-refractivity contribution < 1.29 is 14.1 Å². The van der Waals surface area contributed by atoms with Crippen molar-refractivity contribution in [1.82, 2.24) is 5.32 Å². The van der Waals surface area contributed by atoms with Gasteiger partial charge in [-0.25, -0.2) is 4.39 Å². The minimum Gasteiger partial charge on any atom is -0.393 e. The number of nitro benzene ring substituents is 1. The summed E-state index contributed by atoms with van der Waals surface area (Å²) in [4.78, 5) is 22.1. The predicted octanol–water partition coefficient (Wildman–Crippen LogP) is 2.25. The third kappa shape index (κ3) is 3.33. The summed E-state index contributed by atoms with van der Waals surface area (Å²) in [5, 5.41) is 13.3. The number of benzene rings is 2. The zero-order valence-corrected chi connectivity index (χ0v) is 10.9. The van der Waals surface area contributed by atoms with Crippen LogP contribution in [-0.4, -0.2) is 10.8 Å². The lowest BCUT2D eigenvalue weighted by molar-refractivity contribution is -0.383. The van der Waals surface area contributed by atoms with Crippen molar-refractivity contribution in [3.8, 4) is 0 Å². The highest BCUT2D eigenvalue weighted by molar-refractivity contribution is 6.00. The van der Waals surface area contributed by atoms with Crippen molar-refractivity contribution in [2.24, 2.45) is 0 Å². The van der Waals surface area contributed by atoms with Gasteiger partial charge in [-0.3, -0.25) is 14.9 Å². The van der Waals surface area contributed by atoms with Crippen molar-refractivity contribution in [2.45, 2.75) is 6.54 Å². The Hall–Kier alpha value is -2.96. The molecule has 0 spiro atoms. The zero-order chi connectivity index (χ0) is 15.4. The summed E-state index contributed by atoms with van der Waals surface area (Å²) in [7, 11) is 0. The molecule has 0 aliphatic carbocycles. The molecule has 0 radical (unpaired) electrons. The number of nitro groups is 1. The molecule has 0 bridgehead atoms. The average Bonchev–Trinajstić information content (AvgIpc) is 2.45. The number of rotatable bonds is 4. The second-order valence-corrected chi connectivity index (χ2v) is 4.31. The van der Waals surface area contributed by atoms with Crippen molar-refractivity contribution in [3.63, 3.8) is 0 Å². The highest BCUT2D eigenvalue weighted by Crippen LogP contribution is 2.24. The van der Waals surface area contributed by atoms with Gasteiger partial charge in [-0.1, -0.05) is 18.2 Å². The van der Waals surface area contributed by atoms with Gasteiger partial charge in [-0.05, 0) is 23.8 Å². The Morgan fingerprint density at radius 2 is 2.00 bits per heavy atom. The molecule has 3 N–H and O–H groups in total. The number of carbonyl (C=O) groups is 1. The van der Waals surface area contributed by atoms with E-state index in [4.69, 9.17) is 5.73 Å². The normalized spacial score (nSPS) is 10.1. The fraction of sp³-hybridized carbons (Fsp3) is 0.0714. The zero-order valence-electron chi connectivity index (χ0n) is 10.9. The van der Waals surface area contributed by atoms with Crippen LogP contribution < -0.4 is 11.1 Å². The van der Waals surface area contributed by atoms with Crippen LogP contribution in [0.15, 0.2) is 42.5 Å². The maximum absolute atomic E-state index is 13.0. The van der Waals surface area contributed by atoms with Crippen LogP contribution in [0.25, 0.3) is 0 Å². The Labute approximate surface area is 119 Å². The van der Waals surface area contributed by atoms with Crippen LogP contribution in [0.4, 0.5) is 15.8 Å². The second kappa shape index (κ2) is 6.00. The van der Waals surface area contributed by atoms with E-state index in [1.54, 1.807) is 6.07 Å². The van der Waals surface area contributed by atoms with E-state index < -0.39 is 16.6 Å². The first-order chi connectivity index (χ1) is 9.99. The summed E-state index contributed by atoms with van der Waals surface area (Å²) in [6.45, 7) is 0.0960. The fourth-order valence-corrected chi connectivity index (χ4v) is 1.83. The molecular formula is C14H12FN3O3. The number of para-hydroxylation sites is 1. The molecule has 21 heavy (non-hydrogen) atoms. The van der Waals surface area contributed by atoms with E-state index in [0.29, 0.717) is 5.56 Å². The minimum absolute atomic E-state index is 0.0144. The van der Waals surface area contributed by atoms with E-state index in [0.717, 1.165) is 0 Å². The molecule has 1 amide bonds. The van der Waals surface area contributed by atoms with E-state index in [1.165, 1.54) is 36.4 Å². The van der Waals surface area contributed by atoms with Gasteiger partial charge in [0.05, 0.1) is 10.5 Å². The largest absolute Gasteiger partial charge is 0.393 e. The first kappa shape index (κ1) is 14.4. The lowest BCUT2D eigenvalue weighted by atomic mass is 10.1. The summed E-state index contributed by atoms with van der Waals surface area (Å²) >= 11 is 0. The first-order valence-corrected chi connectivity index (χ1v) is 6.04. The molecule has 0 atom stereocenters. The van der Waals surface area contributed by atoms with E-state index in [2.05, 4.69) is 5.32 Å². The molecule has 0 heterocycles. The first-order valence-electron chi connectivity index (χ1n) is 6.04. The average molecular weight is 289 g/mol. The van der Waals surface area contributed by atoms with Gasteiger partial charge in [0.2, 0.25) is 0 Å². The molecule has 0 saturated carbocycles. The molecular weight excluding hydrogens is 277 g/mol. The molecule has 0 saturated heterocycles. The molecule has 7 heteroatoms. The lowest BCUT2D eigenvalue weighted by Gasteiger charge is -2.08. The number of nitrogens with one attached hydrogen (secondary N) is 1. The van der Waals surface area contributed by atoms with Crippen LogP contribution in [0.2, 0.25) is 0 Å². The Kier molecular flexibility index (Phi) is 4.13. The number of amides is 1. The van der Waals surface area contributed by atoms with Gasteiger partial charge in [-0.15, -0.1) is 0 Å². The molecule has 6 nitrogen and oxygen atoms in total. The summed E-state index contributed by atoms with van der Waals surface area (Å²) in [6, 6.07) is 9.76. The molecule has 0 aliphatic rings. The molecule has 0 aliphatic heterocycles. The smallest absolute Gasteiger partial charge is 0.292 e. The van der Waals surface area contributed by atoms with Gasteiger partial charge in [0.15, 0.2) is 0 Å². The van der Waals surface area contributed by atoms with E-state index in [1.807, 2.05) is 0 Å². The molecule has 2 rings (SSSR count). The van der Waals surface area contributed by atoms with Crippen molar-refractivity contribution in [3.05, 3.63) is 69.5 Å². The van der Waals surface area contributed by atoms with Crippen LogP contribution in [-0.2, 0) is 6.54 Å². The van der Waals surface area contributed by atoms with Crippen LogP contribution in [0.5, 0.6) is 0 Å². The summed E-state index contributed by atoms with van der Waals surface area (Å²) in [6.07, 6.45) is 0. The SMILES string of the molecule is Nc1c(C(=O)NCc2cccc(F)c2)cccc1[N+](=O)[O-]. The molecule has 2 aromatic rings. The third-order valence-electron chi connectivity index (χ3n) is 2.87.